The van der Waals surface area contributed by atoms with Crippen molar-refractivity contribution in [1.82, 2.24) is 0 Å². The molecule has 0 bridgehead atoms. The number of carbonyl (C=O) groups excluding carboxylic acids is 2. The van der Waals surface area contributed by atoms with Crippen molar-refractivity contribution in [3.05, 3.63) is 41.0 Å². The Labute approximate surface area is 269 Å². The average molecular weight is 687 g/mol. The fourth-order valence-corrected chi connectivity index (χ4v) is 6.00. The van der Waals surface area contributed by atoms with Gasteiger partial charge in [-0.15, -0.1) is 0 Å². The summed E-state index contributed by atoms with van der Waals surface area (Å²) in [7, 11) is 0. The minimum absolute atomic E-state index is 0.125. The van der Waals surface area contributed by atoms with Gasteiger partial charge in [0.15, 0.2) is 0 Å². The lowest BCUT2D eigenvalue weighted by Crippen LogP contribution is -2.60. The largest absolute Gasteiger partial charge is 0.462 e. The molecule has 2 aliphatic rings. The van der Waals surface area contributed by atoms with Crippen LogP contribution in [0.25, 0.3) is 0 Å². The fourth-order valence-electron chi connectivity index (χ4n) is 6.00. The van der Waals surface area contributed by atoms with Crippen molar-refractivity contribution in [2.24, 2.45) is 11.8 Å². The zero-order chi connectivity index (χ0) is 35.0. The fraction of sp³-hybridized carbons (Fsp3) is 0.706. The molecule has 0 radical (unpaired) electrons. The molecular weight excluding hydrogens is 643 g/mol. The molecule has 0 amide bonds. The van der Waals surface area contributed by atoms with E-state index in [1.54, 1.807) is 18.2 Å². The van der Waals surface area contributed by atoms with E-state index in [-0.39, 0.29) is 37.3 Å². The number of benzene rings is 1. The van der Waals surface area contributed by atoms with E-state index >= 15 is 0 Å². The van der Waals surface area contributed by atoms with Crippen LogP contribution in [0.1, 0.15) is 108 Å². The van der Waals surface area contributed by atoms with Crippen LogP contribution in [0.2, 0.25) is 0 Å². The summed E-state index contributed by atoms with van der Waals surface area (Å²) in [5.41, 5.74) is 2.73. The van der Waals surface area contributed by atoms with Gasteiger partial charge in [0.25, 0.3) is 0 Å². The van der Waals surface area contributed by atoms with Crippen LogP contribution in [0, 0.1) is 11.8 Å². The van der Waals surface area contributed by atoms with Crippen LogP contribution in [0.4, 0.5) is 39.5 Å². The van der Waals surface area contributed by atoms with Crippen molar-refractivity contribution in [3.63, 3.8) is 0 Å². The number of esters is 2. The van der Waals surface area contributed by atoms with Gasteiger partial charge in [-0.1, -0.05) is 43.9 Å². The summed E-state index contributed by atoms with van der Waals surface area (Å²) < 4.78 is 128. The summed E-state index contributed by atoms with van der Waals surface area (Å²) in [5, 5.41) is 0. The van der Waals surface area contributed by atoms with Gasteiger partial charge in [0.05, 0.1) is 17.9 Å². The molecule has 3 rings (SSSR count). The lowest BCUT2D eigenvalue weighted by atomic mass is 9.84. The van der Waals surface area contributed by atoms with E-state index < -0.39 is 48.7 Å². The first-order chi connectivity index (χ1) is 21.9. The van der Waals surface area contributed by atoms with Crippen molar-refractivity contribution < 1.29 is 58.6 Å². The Morgan fingerprint density at radius 2 is 1.53 bits per heavy atom. The van der Waals surface area contributed by atoms with Crippen LogP contribution < -0.4 is 4.74 Å². The number of rotatable bonds is 16. The highest BCUT2D eigenvalue weighted by Crippen LogP contribution is 2.54. The van der Waals surface area contributed by atoms with Gasteiger partial charge < -0.3 is 9.47 Å². The first kappa shape index (κ1) is 38.7. The number of unbranched alkanes of at least 4 members (excludes halogenated alkanes) is 4. The van der Waals surface area contributed by atoms with Crippen LogP contribution in [-0.4, -0.2) is 42.0 Å². The molecule has 0 saturated heterocycles. The molecular formula is C34H43F9O4. The van der Waals surface area contributed by atoms with E-state index in [9.17, 15) is 49.1 Å². The molecule has 2 unspecified atom stereocenters. The first-order valence-electron chi connectivity index (χ1n) is 16.3. The smallest absolute Gasteiger partial charge is 0.460 e. The second kappa shape index (κ2) is 16.1. The van der Waals surface area contributed by atoms with Crippen LogP contribution in [0.5, 0.6) is 5.75 Å². The van der Waals surface area contributed by atoms with Crippen molar-refractivity contribution in [2.45, 2.75) is 140 Å². The molecule has 1 aromatic rings. The molecule has 0 N–H and O–H groups in total. The molecule has 2 aliphatic carbocycles. The van der Waals surface area contributed by atoms with Gasteiger partial charge >= 0.3 is 35.9 Å². The average Bonchev–Trinajstić information content (AvgIpc) is 3.00. The summed E-state index contributed by atoms with van der Waals surface area (Å²) in [4.78, 5) is 25.5. The third kappa shape index (κ3) is 9.90. The quantitative estimate of drug-likeness (QED) is 0.0571. The molecule has 0 fully saturated rings. The summed E-state index contributed by atoms with van der Waals surface area (Å²) in [6.07, 6.45) is 0.396. The zero-order valence-electron chi connectivity index (χ0n) is 26.7. The number of carbonyl (C=O) groups is 2. The molecule has 13 heteroatoms. The number of fused-ring (bicyclic) bond motifs is 1. The third-order valence-electron chi connectivity index (χ3n) is 9.03. The molecule has 1 aromatic carbocycles. The van der Waals surface area contributed by atoms with E-state index in [2.05, 4.69) is 6.92 Å². The zero-order valence-corrected chi connectivity index (χ0v) is 26.7. The lowest BCUT2D eigenvalue weighted by molar-refractivity contribution is -0.396. The minimum Gasteiger partial charge on any atom is -0.462 e. The molecule has 4 nitrogen and oxygen atoms in total. The molecule has 0 spiro atoms. The number of halogens is 9. The van der Waals surface area contributed by atoms with E-state index in [1.807, 2.05) is 13.0 Å². The molecule has 0 saturated carbocycles. The third-order valence-corrected chi connectivity index (χ3v) is 9.03. The molecule has 0 aliphatic heterocycles. The predicted molar refractivity (Wildman–Crippen MR) is 157 cm³/mol. The molecule has 3 atom stereocenters. The molecule has 0 aromatic heterocycles. The second-order valence-corrected chi connectivity index (χ2v) is 12.8. The maximum absolute atomic E-state index is 13.7. The Morgan fingerprint density at radius 1 is 0.830 bits per heavy atom. The number of aryl methyl sites for hydroxylation is 1. The Morgan fingerprint density at radius 3 is 2.17 bits per heavy atom. The monoisotopic (exact) mass is 686 g/mol. The SMILES string of the molecule is CCCCCCC(C)OC(=O)C1CCc2cc(OC(=O)[C@@H]3CC=C(CCCCC(F)(F)C(F)(F)C(F)(F)C(F)(F)F)CC3)ccc2C1. The summed E-state index contributed by atoms with van der Waals surface area (Å²) in [6, 6.07) is 5.31. The summed E-state index contributed by atoms with van der Waals surface area (Å²) in [6.45, 7) is 4.06. The standard InChI is InChI=1S/C34H43F9O4/c1-3-4-5-6-9-22(2)46-30(45)27-16-15-26-21-28(18-17-25(26)20-27)47-29(44)24-13-11-23(12-14-24)10-7-8-19-31(35,36)32(37,38)33(39,40)34(41,42)43/h11,17-18,21-22,24,27H,3-10,12-16,19-20H2,1-2H3/t22?,24-,27?/m1/s1. The highest BCUT2D eigenvalue weighted by molar-refractivity contribution is 5.76. The second-order valence-electron chi connectivity index (χ2n) is 12.8. The van der Waals surface area contributed by atoms with Crippen LogP contribution in [0.3, 0.4) is 0 Å². The Bertz CT molecular complexity index is 1240. The maximum atomic E-state index is 13.7. The number of ether oxygens (including phenoxy) is 2. The Balaban J connectivity index is 1.43. The topological polar surface area (TPSA) is 52.6 Å². The minimum atomic E-state index is -6.87. The first-order valence-corrected chi connectivity index (χ1v) is 16.3. The van der Waals surface area contributed by atoms with Crippen LogP contribution in [0.15, 0.2) is 29.8 Å². The van der Waals surface area contributed by atoms with Crippen molar-refractivity contribution in [1.29, 1.82) is 0 Å². The molecule has 266 valence electrons. The van der Waals surface area contributed by atoms with Crippen LogP contribution >= 0.6 is 0 Å². The highest BCUT2D eigenvalue weighted by atomic mass is 19.4. The van der Waals surface area contributed by atoms with Gasteiger partial charge in [0.2, 0.25) is 0 Å². The van der Waals surface area contributed by atoms with Gasteiger partial charge in [-0.3, -0.25) is 9.59 Å². The summed E-state index contributed by atoms with van der Waals surface area (Å²) in [5.74, 6) is -20.0. The van der Waals surface area contributed by atoms with E-state index in [4.69, 9.17) is 9.47 Å². The van der Waals surface area contributed by atoms with Gasteiger partial charge in [-0.2, -0.15) is 39.5 Å². The number of hydrogen-bond acceptors (Lipinski definition) is 4. The highest BCUT2D eigenvalue weighted by Gasteiger charge is 2.81. The van der Waals surface area contributed by atoms with Gasteiger partial charge in [0, 0.05) is 6.42 Å². The van der Waals surface area contributed by atoms with Crippen LogP contribution in [-0.2, 0) is 27.2 Å². The predicted octanol–water partition coefficient (Wildman–Crippen LogP) is 10.4. The number of alkyl halides is 9. The maximum Gasteiger partial charge on any atom is 0.460 e. The lowest BCUT2D eigenvalue weighted by Gasteiger charge is -2.33. The van der Waals surface area contributed by atoms with E-state index in [0.717, 1.165) is 48.8 Å². The Hall–Kier alpha value is -2.73. The van der Waals surface area contributed by atoms with Crippen molar-refractivity contribution in [3.8, 4) is 5.75 Å². The van der Waals surface area contributed by atoms with Gasteiger partial charge in [-0.25, -0.2) is 0 Å². The van der Waals surface area contributed by atoms with Crippen molar-refractivity contribution >= 4 is 11.9 Å². The normalized spacial score (nSPS) is 19.9. The summed E-state index contributed by atoms with van der Waals surface area (Å²) >= 11 is 0. The number of allylic oxidation sites excluding steroid dienone is 2. The number of hydrogen-bond donors (Lipinski definition) is 0. The van der Waals surface area contributed by atoms with E-state index in [0.29, 0.717) is 37.9 Å². The Kier molecular flexibility index (Phi) is 13.3. The van der Waals surface area contributed by atoms with Gasteiger partial charge in [0.1, 0.15) is 5.75 Å². The molecule has 47 heavy (non-hydrogen) atoms. The molecule has 0 heterocycles. The van der Waals surface area contributed by atoms with Gasteiger partial charge in [-0.05, 0) is 101 Å². The van der Waals surface area contributed by atoms with Crippen molar-refractivity contribution in [2.75, 3.05) is 0 Å². The van der Waals surface area contributed by atoms with E-state index in [1.165, 1.54) is 0 Å².